The SMILES string of the molecule is CC(C)C(=O)N(C)C1CCN(c2ccc(-n3ccc(OCc4ccccc4)cc3=O)cc2)C1. The quantitative estimate of drug-likeness (QED) is 0.549. The summed E-state index contributed by atoms with van der Waals surface area (Å²) in [7, 11) is 1.90. The first kappa shape index (κ1) is 22.6. The molecule has 0 aliphatic carbocycles. The van der Waals surface area contributed by atoms with Crippen molar-refractivity contribution in [3.05, 3.63) is 88.8 Å². The molecular formula is C27H31N3O3. The highest BCUT2D eigenvalue weighted by molar-refractivity contribution is 5.78. The molecule has 1 atom stereocenters. The first-order chi connectivity index (χ1) is 15.9. The van der Waals surface area contributed by atoms with Gasteiger partial charge in [0.25, 0.3) is 5.56 Å². The van der Waals surface area contributed by atoms with Crippen molar-refractivity contribution in [2.45, 2.75) is 32.9 Å². The Kier molecular flexibility index (Phi) is 6.82. The molecule has 0 saturated carbocycles. The molecule has 6 heteroatoms. The van der Waals surface area contributed by atoms with Crippen LogP contribution in [0.4, 0.5) is 5.69 Å². The molecule has 2 aromatic carbocycles. The number of carbonyl (C=O) groups is 1. The van der Waals surface area contributed by atoms with Gasteiger partial charge in [-0.05, 0) is 42.3 Å². The molecule has 1 unspecified atom stereocenters. The van der Waals surface area contributed by atoms with E-state index in [4.69, 9.17) is 4.74 Å². The van der Waals surface area contributed by atoms with Crippen LogP contribution < -0.4 is 15.2 Å². The minimum Gasteiger partial charge on any atom is -0.489 e. The number of likely N-dealkylation sites (N-methyl/N-ethyl adjacent to an activating group) is 1. The third-order valence-electron chi connectivity index (χ3n) is 6.19. The molecule has 33 heavy (non-hydrogen) atoms. The standard InChI is InChI=1S/C27H31N3O3/c1-20(2)27(32)28(3)24-13-15-29(18-24)22-9-11-23(12-10-22)30-16-14-25(17-26(30)31)33-19-21-7-5-4-6-8-21/h4-12,14,16-17,20,24H,13,15,18-19H2,1-3H3. The van der Waals surface area contributed by atoms with Gasteiger partial charge < -0.3 is 14.5 Å². The maximum Gasteiger partial charge on any atom is 0.258 e. The van der Waals surface area contributed by atoms with E-state index >= 15 is 0 Å². The smallest absolute Gasteiger partial charge is 0.258 e. The lowest BCUT2D eigenvalue weighted by molar-refractivity contribution is -0.134. The molecule has 4 rings (SSSR count). The maximum absolute atomic E-state index is 12.7. The Morgan fingerprint density at radius 3 is 2.42 bits per heavy atom. The monoisotopic (exact) mass is 445 g/mol. The third kappa shape index (κ3) is 5.28. The molecule has 0 bridgehead atoms. The Morgan fingerprint density at radius 2 is 1.76 bits per heavy atom. The van der Waals surface area contributed by atoms with E-state index in [1.807, 2.05) is 86.5 Å². The number of carbonyl (C=O) groups excluding carboxylic acids is 1. The van der Waals surface area contributed by atoms with E-state index in [-0.39, 0.29) is 23.4 Å². The maximum atomic E-state index is 12.7. The molecule has 1 fully saturated rings. The number of ether oxygens (including phenoxy) is 1. The summed E-state index contributed by atoms with van der Waals surface area (Å²) < 4.78 is 7.38. The molecule has 3 aromatic rings. The molecule has 1 aliphatic heterocycles. The molecule has 172 valence electrons. The minimum atomic E-state index is -0.136. The zero-order valence-corrected chi connectivity index (χ0v) is 19.5. The van der Waals surface area contributed by atoms with Crippen molar-refractivity contribution in [2.75, 3.05) is 25.0 Å². The lowest BCUT2D eigenvalue weighted by Gasteiger charge is -2.27. The highest BCUT2D eigenvalue weighted by Gasteiger charge is 2.29. The third-order valence-corrected chi connectivity index (χ3v) is 6.19. The van der Waals surface area contributed by atoms with Crippen molar-refractivity contribution in [1.82, 2.24) is 9.47 Å². The van der Waals surface area contributed by atoms with Crippen LogP contribution in [0.1, 0.15) is 25.8 Å². The van der Waals surface area contributed by atoms with Gasteiger partial charge in [-0.15, -0.1) is 0 Å². The highest BCUT2D eigenvalue weighted by atomic mass is 16.5. The first-order valence-electron chi connectivity index (χ1n) is 11.4. The number of amides is 1. The first-order valence-corrected chi connectivity index (χ1v) is 11.4. The molecule has 1 saturated heterocycles. The number of hydrogen-bond acceptors (Lipinski definition) is 4. The Hall–Kier alpha value is -3.54. The molecule has 1 aliphatic rings. The van der Waals surface area contributed by atoms with Crippen LogP contribution in [0.3, 0.4) is 0 Å². The van der Waals surface area contributed by atoms with Crippen molar-refractivity contribution in [2.24, 2.45) is 5.92 Å². The number of pyridine rings is 1. The second kappa shape index (κ2) is 9.94. The van der Waals surface area contributed by atoms with Crippen LogP contribution in [0.2, 0.25) is 0 Å². The van der Waals surface area contributed by atoms with Crippen molar-refractivity contribution in [3.8, 4) is 11.4 Å². The molecule has 1 aromatic heterocycles. The Morgan fingerprint density at radius 1 is 1.06 bits per heavy atom. The number of benzene rings is 2. The summed E-state index contributed by atoms with van der Waals surface area (Å²) in [4.78, 5) is 29.2. The number of aromatic nitrogens is 1. The molecular weight excluding hydrogens is 414 g/mol. The van der Waals surface area contributed by atoms with E-state index < -0.39 is 0 Å². The summed E-state index contributed by atoms with van der Waals surface area (Å²) in [5, 5.41) is 0. The van der Waals surface area contributed by atoms with E-state index in [1.165, 1.54) is 6.07 Å². The van der Waals surface area contributed by atoms with Gasteiger partial charge in [0.05, 0.1) is 6.04 Å². The average Bonchev–Trinajstić information content (AvgIpc) is 3.33. The summed E-state index contributed by atoms with van der Waals surface area (Å²) in [6.45, 7) is 6.03. The van der Waals surface area contributed by atoms with Crippen LogP contribution in [0, 0.1) is 5.92 Å². The predicted octanol–water partition coefficient (Wildman–Crippen LogP) is 4.11. The van der Waals surface area contributed by atoms with Gasteiger partial charge in [0.2, 0.25) is 5.91 Å². The van der Waals surface area contributed by atoms with E-state index in [0.717, 1.165) is 36.4 Å². The topological polar surface area (TPSA) is 54.8 Å². The zero-order chi connectivity index (χ0) is 23.4. The van der Waals surface area contributed by atoms with Gasteiger partial charge in [0.1, 0.15) is 12.4 Å². The number of anilines is 1. The molecule has 0 N–H and O–H groups in total. The summed E-state index contributed by atoms with van der Waals surface area (Å²) >= 11 is 0. The average molecular weight is 446 g/mol. The van der Waals surface area contributed by atoms with Crippen molar-refractivity contribution in [3.63, 3.8) is 0 Å². The highest BCUT2D eigenvalue weighted by Crippen LogP contribution is 2.24. The molecule has 1 amide bonds. The largest absolute Gasteiger partial charge is 0.489 e. The van der Waals surface area contributed by atoms with Crippen LogP contribution >= 0.6 is 0 Å². The molecule has 6 nitrogen and oxygen atoms in total. The Labute approximate surface area is 195 Å². The van der Waals surface area contributed by atoms with E-state index in [9.17, 15) is 9.59 Å². The Balaban J connectivity index is 1.40. The van der Waals surface area contributed by atoms with Gasteiger partial charge in [-0.25, -0.2) is 0 Å². The van der Waals surface area contributed by atoms with Crippen LogP contribution in [-0.2, 0) is 11.4 Å². The van der Waals surface area contributed by atoms with Crippen molar-refractivity contribution >= 4 is 11.6 Å². The van der Waals surface area contributed by atoms with Crippen LogP contribution in [-0.4, -0.2) is 41.6 Å². The van der Waals surface area contributed by atoms with Gasteiger partial charge in [0.15, 0.2) is 0 Å². The second-order valence-electron chi connectivity index (χ2n) is 8.85. The fourth-order valence-corrected chi connectivity index (χ4v) is 4.21. The number of nitrogens with zero attached hydrogens (tertiary/aromatic N) is 3. The van der Waals surface area contributed by atoms with E-state index in [1.54, 1.807) is 10.8 Å². The fourth-order valence-electron chi connectivity index (χ4n) is 4.21. The van der Waals surface area contributed by atoms with Crippen LogP contribution in [0.15, 0.2) is 77.7 Å². The van der Waals surface area contributed by atoms with Crippen LogP contribution in [0.5, 0.6) is 5.75 Å². The van der Waals surface area contributed by atoms with Gasteiger partial charge in [0, 0.05) is 49.7 Å². The summed E-state index contributed by atoms with van der Waals surface area (Å²) in [6.07, 6.45) is 2.71. The van der Waals surface area contributed by atoms with Crippen LogP contribution in [0.25, 0.3) is 5.69 Å². The summed E-state index contributed by atoms with van der Waals surface area (Å²) in [5.41, 5.74) is 2.83. The fraction of sp³-hybridized carbons (Fsp3) is 0.333. The Bertz CT molecular complexity index is 1140. The molecule has 0 spiro atoms. The predicted molar refractivity (Wildman–Crippen MR) is 131 cm³/mol. The molecule has 2 heterocycles. The van der Waals surface area contributed by atoms with Gasteiger partial charge in [-0.2, -0.15) is 0 Å². The van der Waals surface area contributed by atoms with E-state index in [0.29, 0.717) is 12.4 Å². The lowest BCUT2D eigenvalue weighted by Crippen LogP contribution is -2.41. The van der Waals surface area contributed by atoms with Crippen molar-refractivity contribution < 1.29 is 9.53 Å². The van der Waals surface area contributed by atoms with Gasteiger partial charge in [-0.1, -0.05) is 44.2 Å². The second-order valence-corrected chi connectivity index (χ2v) is 8.85. The van der Waals surface area contributed by atoms with Gasteiger partial charge >= 0.3 is 0 Å². The summed E-state index contributed by atoms with van der Waals surface area (Å²) in [5.74, 6) is 0.754. The van der Waals surface area contributed by atoms with E-state index in [2.05, 4.69) is 4.90 Å². The van der Waals surface area contributed by atoms with Gasteiger partial charge in [-0.3, -0.25) is 14.2 Å². The van der Waals surface area contributed by atoms with Crippen molar-refractivity contribution in [1.29, 1.82) is 0 Å². The lowest BCUT2D eigenvalue weighted by atomic mass is 10.1. The molecule has 0 radical (unpaired) electrons. The number of hydrogen-bond donors (Lipinski definition) is 0. The minimum absolute atomic E-state index is 0.0109. The normalized spacial score (nSPS) is 15.6. The number of rotatable bonds is 7. The summed E-state index contributed by atoms with van der Waals surface area (Å²) in [6, 6.07) is 21.4. The zero-order valence-electron chi connectivity index (χ0n) is 19.5.